The van der Waals surface area contributed by atoms with Crippen LogP contribution in [0.4, 0.5) is 0 Å². The van der Waals surface area contributed by atoms with E-state index in [2.05, 4.69) is 57.8 Å². The van der Waals surface area contributed by atoms with Crippen LogP contribution in [-0.4, -0.2) is 8.07 Å². The lowest BCUT2D eigenvalue weighted by molar-refractivity contribution is 0.571. The van der Waals surface area contributed by atoms with Gasteiger partial charge in [0.05, 0.1) is 0 Å². The molecule has 0 unspecified atom stereocenters. The average molecular weight is 236 g/mol. The molecule has 0 heterocycles. The van der Waals surface area contributed by atoms with E-state index in [0.717, 1.165) is 0 Å². The molecule has 0 aliphatic rings. The van der Waals surface area contributed by atoms with E-state index in [-0.39, 0.29) is 10.8 Å². The van der Waals surface area contributed by atoms with Gasteiger partial charge in [-0.25, -0.2) is 0 Å². The molecule has 0 bridgehead atoms. The van der Waals surface area contributed by atoms with Crippen LogP contribution in [-0.2, 0) is 0 Å². The molecule has 0 saturated carbocycles. The topological polar surface area (TPSA) is 0 Å². The Morgan fingerprint density at radius 3 is 1.19 bits per heavy atom. The van der Waals surface area contributed by atoms with Crippen molar-refractivity contribution in [1.82, 2.24) is 0 Å². The molecule has 0 aliphatic heterocycles. The molecule has 0 fully saturated rings. The lowest BCUT2D eigenvalue weighted by Crippen LogP contribution is -2.17. The molecule has 0 spiro atoms. The zero-order valence-corrected chi connectivity index (χ0v) is 13.6. The second kappa shape index (κ2) is 6.17. The van der Waals surface area contributed by atoms with E-state index >= 15 is 0 Å². The predicted molar refractivity (Wildman–Crippen MR) is 78.9 cm³/mol. The summed E-state index contributed by atoms with van der Waals surface area (Å²) in [5.41, 5.74) is 3.60. The Morgan fingerprint density at radius 1 is 0.812 bits per heavy atom. The minimum Gasteiger partial charge on any atom is -0.131 e. The smallest absolute Gasteiger partial charge is 0.129 e. The van der Waals surface area contributed by atoms with Gasteiger partial charge in [-0.2, -0.15) is 0 Å². The fourth-order valence-corrected chi connectivity index (χ4v) is 1.12. The van der Waals surface area contributed by atoms with E-state index in [4.69, 9.17) is 6.42 Å². The molecule has 0 aromatic rings. The molecule has 0 atom stereocenters. The largest absolute Gasteiger partial charge is 0.131 e. The van der Waals surface area contributed by atoms with Crippen LogP contribution >= 0.6 is 0 Å². The number of terminal acetylenes is 1. The second-order valence-corrected chi connectivity index (χ2v) is 11.9. The summed E-state index contributed by atoms with van der Waals surface area (Å²) in [4.78, 5) is 0. The monoisotopic (exact) mass is 236 g/mol. The third kappa shape index (κ3) is 23.3. The zero-order valence-electron chi connectivity index (χ0n) is 12.6. The van der Waals surface area contributed by atoms with Crippen LogP contribution in [0.1, 0.15) is 41.5 Å². The molecule has 0 saturated heterocycles. The summed E-state index contributed by atoms with van der Waals surface area (Å²) in [6.07, 6.45) is 5.06. The van der Waals surface area contributed by atoms with Gasteiger partial charge in [-0.05, 0) is 41.5 Å². The highest BCUT2D eigenvalue weighted by atomic mass is 28.3. The number of hydrogen-bond acceptors (Lipinski definition) is 0. The maximum atomic E-state index is 5.06. The average Bonchev–Trinajstić information content (AvgIpc) is 1.98. The highest BCUT2D eigenvalue weighted by molar-refractivity contribution is 6.83. The predicted octanol–water partition coefficient (Wildman–Crippen LogP) is 4.58. The zero-order chi connectivity index (χ0) is 13.6. The molecule has 0 nitrogen and oxygen atoms in total. The Kier molecular flexibility index (Phi) is 6.83. The van der Waals surface area contributed by atoms with Gasteiger partial charge in [-0.15, -0.1) is 23.8 Å². The van der Waals surface area contributed by atoms with Crippen molar-refractivity contribution in [3.8, 4) is 23.8 Å². The van der Waals surface area contributed by atoms with Gasteiger partial charge in [-0.1, -0.05) is 19.6 Å². The Morgan fingerprint density at radius 2 is 1.12 bits per heavy atom. The Labute approximate surface area is 104 Å². The van der Waals surface area contributed by atoms with E-state index in [1.54, 1.807) is 0 Å². The van der Waals surface area contributed by atoms with Gasteiger partial charge < -0.3 is 0 Å². The van der Waals surface area contributed by atoms with Crippen molar-refractivity contribution in [2.24, 2.45) is 10.8 Å². The Bertz CT molecular complexity index is 268. The van der Waals surface area contributed by atoms with Crippen molar-refractivity contribution >= 4 is 8.07 Å². The molecule has 0 N–H and O–H groups in total. The van der Waals surface area contributed by atoms with Gasteiger partial charge in [0.1, 0.15) is 8.07 Å². The van der Waals surface area contributed by atoms with Crippen molar-refractivity contribution in [3.05, 3.63) is 0 Å². The van der Waals surface area contributed by atoms with Crippen molar-refractivity contribution in [2.45, 2.75) is 61.2 Å². The van der Waals surface area contributed by atoms with Crippen LogP contribution in [0.2, 0.25) is 19.6 Å². The van der Waals surface area contributed by atoms with Crippen LogP contribution in [0.3, 0.4) is 0 Å². The van der Waals surface area contributed by atoms with Gasteiger partial charge >= 0.3 is 0 Å². The van der Waals surface area contributed by atoms with E-state index in [1.165, 1.54) is 0 Å². The minimum atomic E-state index is -1.13. The lowest BCUT2D eigenvalue weighted by Gasteiger charge is -2.10. The first-order chi connectivity index (χ1) is 6.77. The van der Waals surface area contributed by atoms with Gasteiger partial charge in [-0.3, -0.25) is 0 Å². The number of hydrogen-bond donors (Lipinski definition) is 0. The molecule has 0 radical (unpaired) electrons. The quantitative estimate of drug-likeness (QED) is 0.427. The van der Waals surface area contributed by atoms with Crippen LogP contribution in [0, 0.1) is 34.6 Å². The van der Waals surface area contributed by atoms with E-state index in [0.29, 0.717) is 0 Å². The molecule has 0 aliphatic carbocycles. The van der Waals surface area contributed by atoms with Gasteiger partial charge in [0.2, 0.25) is 0 Å². The first kappa shape index (κ1) is 17.7. The molecular weight excluding hydrogens is 208 g/mol. The summed E-state index contributed by atoms with van der Waals surface area (Å²) in [6.45, 7) is 19.3. The highest BCUT2D eigenvalue weighted by Crippen LogP contribution is 2.11. The van der Waals surface area contributed by atoms with Crippen LogP contribution in [0.5, 0.6) is 0 Å². The first-order valence-corrected chi connectivity index (χ1v) is 9.29. The summed E-state index contributed by atoms with van der Waals surface area (Å²) in [5.74, 6) is 5.88. The van der Waals surface area contributed by atoms with Gasteiger partial charge in [0, 0.05) is 10.8 Å². The van der Waals surface area contributed by atoms with E-state index in [1.807, 2.05) is 20.8 Å². The van der Waals surface area contributed by atoms with Crippen molar-refractivity contribution in [1.29, 1.82) is 0 Å². The van der Waals surface area contributed by atoms with Gasteiger partial charge in [0.15, 0.2) is 0 Å². The Hall–Kier alpha value is -0.663. The standard InChI is InChI=1S/C9H18Si.C6H10/c1-9(2,3)7-8-10(4,5)6;1-5-6(2,3)4/h1-6H3;1H,2-4H3. The second-order valence-electron chi connectivity index (χ2n) is 7.14. The lowest BCUT2D eigenvalue weighted by atomic mass is 9.99. The van der Waals surface area contributed by atoms with Crippen molar-refractivity contribution in [2.75, 3.05) is 0 Å². The summed E-state index contributed by atoms with van der Waals surface area (Å²) in [6, 6.07) is 0. The summed E-state index contributed by atoms with van der Waals surface area (Å²) >= 11 is 0. The van der Waals surface area contributed by atoms with Crippen LogP contribution in [0.15, 0.2) is 0 Å². The molecule has 0 amide bonds. The first-order valence-electron chi connectivity index (χ1n) is 5.79. The molecule has 0 aromatic carbocycles. The maximum absolute atomic E-state index is 5.06. The Balaban J connectivity index is 0. The fraction of sp³-hybridized carbons (Fsp3) is 0.733. The highest BCUT2D eigenvalue weighted by Gasteiger charge is 2.10. The number of rotatable bonds is 0. The summed E-state index contributed by atoms with van der Waals surface area (Å²) in [7, 11) is -1.13. The third-order valence-corrected chi connectivity index (χ3v) is 2.12. The summed E-state index contributed by atoms with van der Waals surface area (Å²) in [5, 5.41) is 0. The molecule has 92 valence electrons. The third-order valence-electron chi connectivity index (χ3n) is 1.25. The minimum absolute atomic E-state index is 0.0694. The molecule has 1 heteroatoms. The maximum Gasteiger partial charge on any atom is 0.129 e. The van der Waals surface area contributed by atoms with E-state index < -0.39 is 8.07 Å². The molecule has 0 aromatic heterocycles. The van der Waals surface area contributed by atoms with Crippen molar-refractivity contribution < 1.29 is 0 Å². The van der Waals surface area contributed by atoms with Crippen LogP contribution in [0.25, 0.3) is 0 Å². The SMILES string of the molecule is C#CC(C)(C)C.CC(C)(C)C#C[Si](C)(C)C. The van der Waals surface area contributed by atoms with Gasteiger partial charge in [0.25, 0.3) is 0 Å². The summed E-state index contributed by atoms with van der Waals surface area (Å²) < 4.78 is 0. The van der Waals surface area contributed by atoms with Crippen LogP contribution < -0.4 is 0 Å². The molecule has 16 heavy (non-hydrogen) atoms. The fourth-order valence-electron chi connectivity index (χ4n) is 0.375. The molecule has 0 rings (SSSR count). The molecular formula is C15H28Si. The normalized spacial score (nSPS) is 11.5. The van der Waals surface area contributed by atoms with E-state index in [9.17, 15) is 0 Å². The van der Waals surface area contributed by atoms with Crippen molar-refractivity contribution in [3.63, 3.8) is 0 Å².